The molecule has 3 rings (SSSR count). The lowest BCUT2D eigenvalue weighted by Crippen LogP contribution is -2.51. The first-order chi connectivity index (χ1) is 16.4. The van der Waals surface area contributed by atoms with Gasteiger partial charge in [0.2, 0.25) is 0 Å². The van der Waals surface area contributed by atoms with Crippen molar-refractivity contribution in [3.63, 3.8) is 0 Å². The van der Waals surface area contributed by atoms with Crippen LogP contribution in [0.1, 0.15) is 64.2 Å². The number of hydrogen-bond donors (Lipinski definition) is 1. The Hall–Kier alpha value is -2.50. The first-order valence-corrected chi connectivity index (χ1v) is 14.8. The summed E-state index contributed by atoms with van der Waals surface area (Å²) in [5.41, 5.74) is 2.30. The van der Waals surface area contributed by atoms with Crippen LogP contribution in [0.2, 0.25) is 16.6 Å². The van der Waals surface area contributed by atoms with Gasteiger partial charge in [-0.05, 0) is 75.0 Å². The number of fused-ring (bicyclic) bond motifs is 1. The Kier molecular flexibility index (Phi) is 7.92. The number of hydrogen-bond acceptors (Lipinski definition) is 2. The van der Waals surface area contributed by atoms with Gasteiger partial charge in [-0.15, -0.1) is 0 Å². The Morgan fingerprint density at radius 1 is 1.06 bits per heavy atom. The Bertz CT molecular complexity index is 1290. The van der Waals surface area contributed by atoms with Crippen LogP contribution in [0, 0.1) is 23.0 Å². The molecule has 2 aromatic carbocycles. The molecule has 0 aliphatic carbocycles. The van der Waals surface area contributed by atoms with Gasteiger partial charge in [-0.25, -0.2) is 8.78 Å². The first-order valence-electron chi connectivity index (χ1n) is 11.8. The minimum absolute atomic E-state index is 0.0523. The Labute approximate surface area is 214 Å². The second-order valence-electron chi connectivity index (χ2n) is 10.1. The summed E-state index contributed by atoms with van der Waals surface area (Å²) in [5.74, 6) is -3.68. The SMILES string of the molecule is CC(C)[Si](C(C)C)(C(C)C)n1ccc2c(Br)c(C(Cc3ccc(F)c(C#N)c3)C(=O)O)c(F)cc21. The molecule has 0 fully saturated rings. The van der Waals surface area contributed by atoms with Crippen LogP contribution in [0.15, 0.2) is 41.0 Å². The van der Waals surface area contributed by atoms with E-state index in [1.54, 1.807) is 6.07 Å². The van der Waals surface area contributed by atoms with Gasteiger partial charge < -0.3 is 9.34 Å². The van der Waals surface area contributed by atoms with Crippen molar-refractivity contribution in [2.24, 2.45) is 0 Å². The van der Waals surface area contributed by atoms with Gasteiger partial charge in [0.1, 0.15) is 17.7 Å². The highest BCUT2D eigenvalue weighted by Crippen LogP contribution is 2.46. The first kappa shape index (κ1) is 27.1. The lowest BCUT2D eigenvalue weighted by atomic mass is 9.90. The largest absolute Gasteiger partial charge is 0.481 e. The fourth-order valence-corrected chi connectivity index (χ4v) is 13.5. The highest BCUT2D eigenvalue weighted by atomic mass is 79.9. The highest BCUT2D eigenvalue weighted by molar-refractivity contribution is 9.10. The number of carbonyl (C=O) groups is 1. The Morgan fingerprint density at radius 3 is 2.17 bits per heavy atom. The summed E-state index contributed by atoms with van der Waals surface area (Å²) in [6, 6.07) is 9.05. The zero-order chi connectivity index (χ0) is 26.2. The van der Waals surface area contributed by atoms with Gasteiger partial charge in [-0.1, -0.05) is 47.6 Å². The van der Waals surface area contributed by atoms with E-state index in [2.05, 4.69) is 61.7 Å². The third-order valence-corrected chi connectivity index (χ3v) is 15.0. The van der Waals surface area contributed by atoms with Crippen molar-refractivity contribution in [1.29, 1.82) is 5.26 Å². The van der Waals surface area contributed by atoms with Crippen molar-refractivity contribution in [2.75, 3.05) is 0 Å². The molecule has 0 spiro atoms. The van der Waals surface area contributed by atoms with Gasteiger partial charge in [-0.3, -0.25) is 4.79 Å². The quantitative estimate of drug-likeness (QED) is 0.284. The number of benzene rings is 2. The van der Waals surface area contributed by atoms with E-state index in [1.807, 2.05) is 12.3 Å². The summed E-state index contributed by atoms with van der Waals surface area (Å²) >= 11 is 3.53. The number of rotatable bonds is 8. The predicted molar refractivity (Wildman–Crippen MR) is 141 cm³/mol. The molecule has 1 heterocycles. The van der Waals surface area contributed by atoms with Crippen LogP contribution < -0.4 is 0 Å². The average Bonchev–Trinajstić information content (AvgIpc) is 3.17. The molecule has 0 aliphatic rings. The third-order valence-electron chi connectivity index (χ3n) is 7.35. The topological polar surface area (TPSA) is 66.0 Å². The normalized spacial score (nSPS) is 13.1. The molecule has 0 bridgehead atoms. The molecule has 0 saturated carbocycles. The van der Waals surface area contributed by atoms with Crippen molar-refractivity contribution < 1.29 is 18.7 Å². The molecule has 0 radical (unpaired) electrons. The minimum atomic E-state index is -2.16. The molecule has 1 N–H and O–H groups in total. The zero-order valence-electron chi connectivity index (χ0n) is 20.9. The maximum atomic E-state index is 15.7. The molecule has 0 saturated heterocycles. The number of nitriles is 1. The number of aromatic nitrogens is 1. The monoisotopic (exact) mass is 560 g/mol. The lowest BCUT2D eigenvalue weighted by Gasteiger charge is -2.44. The Morgan fingerprint density at radius 2 is 1.66 bits per heavy atom. The average molecular weight is 562 g/mol. The molecule has 1 aromatic heterocycles. The highest BCUT2D eigenvalue weighted by Gasteiger charge is 2.46. The summed E-state index contributed by atoms with van der Waals surface area (Å²) < 4.78 is 32.2. The molecule has 8 heteroatoms. The van der Waals surface area contributed by atoms with Gasteiger partial charge >= 0.3 is 5.97 Å². The van der Waals surface area contributed by atoms with Crippen molar-refractivity contribution in [2.45, 2.75) is 70.5 Å². The van der Waals surface area contributed by atoms with Crippen LogP contribution >= 0.6 is 15.9 Å². The van der Waals surface area contributed by atoms with Crippen LogP contribution in [-0.2, 0) is 11.2 Å². The fraction of sp³-hybridized carbons (Fsp3) is 0.407. The van der Waals surface area contributed by atoms with Gasteiger partial charge in [-0.2, -0.15) is 5.26 Å². The molecule has 4 nitrogen and oxygen atoms in total. The van der Waals surface area contributed by atoms with Crippen LogP contribution in [0.25, 0.3) is 10.9 Å². The maximum absolute atomic E-state index is 15.7. The van der Waals surface area contributed by atoms with Gasteiger partial charge in [0.15, 0.2) is 8.24 Å². The lowest BCUT2D eigenvalue weighted by molar-refractivity contribution is -0.138. The van der Waals surface area contributed by atoms with Gasteiger partial charge in [0.05, 0.1) is 11.5 Å². The molecular weight excluding hydrogens is 530 g/mol. The molecule has 186 valence electrons. The van der Waals surface area contributed by atoms with E-state index in [9.17, 15) is 14.3 Å². The second-order valence-corrected chi connectivity index (χ2v) is 16.6. The van der Waals surface area contributed by atoms with E-state index in [4.69, 9.17) is 5.26 Å². The van der Waals surface area contributed by atoms with Crippen LogP contribution in [0.3, 0.4) is 0 Å². The zero-order valence-corrected chi connectivity index (χ0v) is 23.5. The molecule has 0 aliphatic heterocycles. The van der Waals surface area contributed by atoms with E-state index in [0.717, 1.165) is 17.0 Å². The number of aliphatic carboxylic acids is 1. The maximum Gasteiger partial charge on any atom is 0.311 e. The van der Waals surface area contributed by atoms with Crippen molar-refractivity contribution in [1.82, 2.24) is 4.23 Å². The summed E-state index contributed by atoms with van der Waals surface area (Å²) in [4.78, 5) is 12.3. The van der Waals surface area contributed by atoms with E-state index < -0.39 is 31.8 Å². The Balaban J connectivity index is 2.21. The van der Waals surface area contributed by atoms with Crippen molar-refractivity contribution in [3.8, 4) is 6.07 Å². The third kappa shape index (κ3) is 4.56. The summed E-state index contributed by atoms with van der Waals surface area (Å²) in [7, 11) is -2.16. The standard InChI is InChI=1S/C27H31BrF2N2O2Si/c1-15(2)35(16(3)4,17(5)6)32-10-9-20-24(32)13-23(30)25(26(20)28)21(27(33)34)12-18-7-8-22(29)19(11-18)14-31/h7-11,13,15-17,21H,12H2,1-6H3,(H,33,34). The molecule has 35 heavy (non-hydrogen) atoms. The second kappa shape index (κ2) is 10.2. The number of halogens is 3. The summed E-state index contributed by atoms with van der Waals surface area (Å²) in [6.45, 7) is 13.4. The van der Waals surface area contributed by atoms with E-state index in [1.165, 1.54) is 18.2 Å². The molecular formula is C27H31BrF2N2O2Si. The smallest absolute Gasteiger partial charge is 0.311 e. The van der Waals surface area contributed by atoms with Crippen molar-refractivity contribution >= 4 is 41.0 Å². The van der Waals surface area contributed by atoms with E-state index in [0.29, 0.717) is 26.7 Å². The van der Waals surface area contributed by atoms with Crippen LogP contribution in [0.4, 0.5) is 8.78 Å². The van der Waals surface area contributed by atoms with Crippen LogP contribution in [0.5, 0.6) is 0 Å². The van der Waals surface area contributed by atoms with Gasteiger partial charge in [0.25, 0.3) is 0 Å². The van der Waals surface area contributed by atoms with Crippen LogP contribution in [-0.4, -0.2) is 23.5 Å². The van der Waals surface area contributed by atoms with E-state index >= 15 is 4.39 Å². The summed E-state index contributed by atoms with van der Waals surface area (Å²) in [5, 5.41) is 19.9. The van der Waals surface area contributed by atoms with Gasteiger partial charge in [0, 0.05) is 20.9 Å². The van der Waals surface area contributed by atoms with E-state index in [-0.39, 0.29) is 17.5 Å². The van der Waals surface area contributed by atoms with Crippen molar-refractivity contribution in [3.05, 3.63) is 69.3 Å². The molecule has 3 aromatic rings. The number of nitrogens with zero attached hydrogens (tertiary/aromatic N) is 2. The molecule has 1 atom stereocenters. The fourth-order valence-electron chi connectivity index (χ4n) is 6.05. The minimum Gasteiger partial charge on any atom is -0.481 e. The predicted octanol–water partition coefficient (Wildman–Crippen LogP) is 7.99. The summed E-state index contributed by atoms with van der Waals surface area (Å²) in [6.07, 6.45) is 1.95. The molecule has 1 unspecified atom stereocenters. The molecule has 0 amide bonds. The number of carboxylic acids is 1. The number of carboxylic acid groups (broad SMARTS) is 1.